The molecule has 1 nitrogen and oxygen atoms in total. The highest BCUT2D eigenvalue weighted by Gasteiger charge is 1.16. The Morgan fingerprint density at radius 3 is 2.00 bits per heavy atom. The number of rotatable bonds is 1. The van der Waals surface area contributed by atoms with Crippen molar-refractivity contribution in [2.24, 2.45) is 0 Å². The molecule has 0 aromatic heterocycles. The van der Waals surface area contributed by atoms with Gasteiger partial charge in [-0.2, -0.15) is 0 Å². The van der Waals surface area contributed by atoms with Gasteiger partial charge in [0, 0.05) is 0 Å². The number of hydrogen-bond donors (Lipinski definition) is 1. The standard InChI is InChI=1S/C3H4N/c1-2-3-4/h1-4H/q-1. The van der Waals surface area contributed by atoms with E-state index in [4.69, 9.17) is 5.41 Å². The van der Waals surface area contributed by atoms with Crippen LogP contribution >= 0.6 is 0 Å². The summed E-state index contributed by atoms with van der Waals surface area (Å²) in [5, 5.41) is 6.15. The molecule has 0 radical (unpaired) electrons. The minimum Gasteiger partial charge on any atom is -0.403 e. The molecule has 1 heteroatoms. The Kier molecular flexibility index (Phi) is 2.05. The van der Waals surface area contributed by atoms with Gasteiger partial charge in [-0.1, -0.05) is 0 Å². The smallest absolute Gasteiger partial charge is 0.132 e. The molecule has 0 saturated carbocycles. The van der Waals surface area contributed by atoms with E-state index in [1.165, 1.54) is 6.08 Å². The van der Waals surface area contributed by atoms with Crippen molar-refractivity contribution >= 4 is 6.21 Å². The quantitative estimate of drug-likeness (QED) is 0.335. The van der Waals surface area contributed by atoms with Gasteiger partial charge in [-0.05, 0) is 0 Å². The van der Waals surface area contributed by atoms with Crippen molar-refractivity contribution in [2.45, 2.75) is 0 Å². The van der Waals surface area contributed by atoms with Crippen LogP contribution in [0.25, 0.3) is 0 Å². The van der Waals surface area contributed by atoms with E-state index in [0.29, 0.717) is 0 Å². The van der Waals surface area contributed by atoms with Crippen molar-refractivity contribution in [3.63, 3.8) is 0 Å². The molecule has 1 N–H and O–H groups in total. The minimum absolute atomic E-state index is 1.03. The number of allylic oxidation sites excluding steroid dienone is 1. The molecule has 0 rings (SSSR count). The molecular weight excluding hydrogens is 50.0 g/mol. The molecular formula is C3H4N-. The normalized spacial score (nSPS) is 5.00. The summed E-state index contributed by atoms with van der Waals surface area (Å²) in [5.41, 5.74) is 0. The number of nitrogens with one attached hydrogen (secondary N) is 1. The molecule has 0 aliphatic heterocycles. The summed E-state index contributed by atoms with van der Waals surface area (Å²) in [6.07, 6.45) is 2.19. The van der Waals surface area contributed by atoms with Crippen LogP contribution in [0.2, 0.25) is 0 Å². The zero-order valence-electron chi connectivity index (χ0n) is 2.23. The van der Waals surface area contributed by atoms with Crippen molar-refractivity contribution in [1.29, 1.82) is 5.41 Å². The fourth-order valence-electron chi connectivity index (χ4n) is 0. The van der Waals surface area contributed by atoms with Crippen LogP contribution in [0.15, 0.2) is 6.08 Å². The van der Waals surface area contributed by atoms with E-state index in [1.54, 1.807) is 0 Å². The van der Waals surface area contributed by atoms with E-state index in [2.05, 4.69) is 6.58 Å². The second-order valence-corrected chi connectivity index (χ2v) is 0.359. The fourth-order valence-corrected chi connectivity index (χ4v) is 0. The van der Waals surface area contributed by atoms with Crippen LogP contribution in [0.5, 0.6) is 0 Å². The minimum atomic E-state index is 1.03. The third-order valence-electron chi connectivity index (χ3n) is 0.0962. The van der Waals surface area contributed by atoms with Gasteiger partial charge < -0.3 is 5.41 Å². The van der Waals surface area contributed by atoms with Gasteiger partial charge >= 0.3 is 0 Å². The molecule has 0 amide bonds. The topological polar surface area (TPSA) is 23.9 Å². The molecule has 0 saturated heterocycles. The highest BCUT2D eigenvalue weighted by atomic mass is 14.3. The van der Waals surface area contributed by atoms with Gasteiger partial charge in [0.1, 0.15) is 0 Å². The maximum absolute atomic E-state index is 6.15. The van der Waals surface area contributed by atoms with Crippen LogP contribution < -0.4 is 0 Å². The summed E-state index contributed by atoms with van der Waals surface area (Å²) >= 11 is 0. The van der Waals surface area contributed by atoms with Crippen LogP contribution in [-0.2, 0) is 0 Å². The van der Waals surface area contributed by atoms with E-state index in [0.717, 1.165) is 6.21 Å². The van der Waals surface area contributed by atoms with E-state index in [1.807, 2.05) is 0 Å². The third-order valence-corrected chi connectivity index (χ3v) is 0.0962. The van der Waals surface area contributed by atoms with Crippen LogP contribution in [0.3, 0.4) is 0 Å². The zero-order chi connectivity index (χ0) is 3.41. The summed E-state index contributed by atoms with van der Waals surface area (Å²) in [6.45, 7) is 4.66. The van der Waals surface area contributed by atoms with Gasteiger partial charge in [0.05, 0.1) is 0 Å². The van der Waals surface area contributed by atoms with Crippen molar-refractivity contribution in [3.05, 3.63) is 12.7 Å². The van der Waals surface area contributed by atoms with Crippen LogP contribution in [0.4, 0.5) is 0 Å². The Balaban J connectivity index is 2.73. The maximum atomic E-state index is 6.15. The second-order valence-electron chi connectivity index (χ2n) is 0.359. The SMILES string of the molecule is [CH-]=CC=N. The Hall–Kier alpha value is -0.590. The summed E-state index contributed by atoms with van der Waals surface area (Å²) in [7, 11) is 0. The molecule has 0 fully saturated rings. The average Bonchev–Trinajstić information content (AvgIpc) is 1.37. The lowest BCUT2D eigenvalue weighted by Gasteiger charge is -1.58. The first-order valence-corrected chi connectivity index (χ1v) is 0.955. The largest absolute Gasteiger partial charge is 0.403 e. The molecule has 0 bridgehead atoms. The van der Waals surface area contributed by atoms with Crippen molar-refractivity contribution < 1.29 is 0 Å². The molecule has 0 heterocycles. The Labute approximate surface area is 25.5 Å². The fraction of sp³-hybridized carbons (Fsp3) is 0. The van der Waals surface area contributed by atoms with Crippen molar-refractivity contribution in [2.75, 3.05) is 0 Å². The molecule has 0 aliphatic carbocycles. The van der Waals surface area contributed by atoms with Gasteiger partial charge in [0.25, 0.3) is 0 Å². The van der Waals surface area contributed by atoms with Gasteiger partial charge in [-0.25, -0.2) is 6.08 Å². The van der Waals surface area contributed by atoms with Crippen LogP contribution in [0.1, 0.15) is 0 Å². The molecule has 0 unspecified atom stereocenters. The Morgan fingerprint density at radius 1 is 1.75 bits per heavy atom. The lowest BCUT2D eigenvalue weighted by molar-refractivity contribution is 1.58. The molecule has 0 aromatic carbocycles. The highest BCUT2D eigenvalue weighted by Crippen LogP contribution is 1.36. The number of hydrogen-bond acceptors (Lipinski definition) is 1. The highest BCUT2D eigenvalue weighted by molar-refractivity contribution is 5.65. The van der Waals surface area contributed by atoms with Gasteiger partial charge in [-0.15, -0.1) is 6.21 Å². The van der Waals surface area contributed by atoms with E-state index in [-0.39, 0.29) is 0 Å². The summed E-state index contributed by atoms with van der Waals surface area (Å²) in [5.74, 6) is 0. The monoisotopic (exact) mass is 54.0 g/mol. The molecule has 4 heavy (non-hydrogen) atoms. The molecule has 0 atom stereocenters. The van der Waals surface area contributed by atoms with Crippen LogP contribution in [0, 0.1) is 12.0 Å². The molecule has 22 valence electrons. The molecule has 0 spiro atoms. The third kappa shape index (κ3) is 1.41. The Morgan fingerprint density at radius 2 is 2.00 bits per heavy atom. The molecule has 0 aliphatic rings. The van der Waals surface area contributed by atoms with Gasteiger partial charge in [0.2, 0.25) is 0 Å². The van der Waals surface area contributed by atoms with Crippen molar-refractivity contribution in [3.8, 4) is 0 Å². The van der Waals surface area contributed by atoms with E-state index >= 15 is 0 Å². The zero-order valence-corrected chi connectivity index (χ0v) is 2.23. The van der Waals surface area contributed by atoms with E-state index in [9.17, 15) is 0 Å². The first-order chi connectivity index (χ1) is 1.91. The maximum Gasteiger partial charge on any atom is -0.132 e. The van der Waals surface area contributed by atoms with Gasteiger partial charge in [0.15, 0.2) is 0 Å². The average molecular weight is 54.1 g/mol. The van der Waals surface area contributed by atoms with Crippen molar-refractivity contribution in [1.82, 2.24) is 0 Å². The Bertz CT molecular complexity index is 24.3. The summed E-state index contributed by atoms with van der Waals surface area (Å²) < 4.78 is 0. The second kappa shape index (κ2) is 2.41. The molecule has 0 aromatic rings. The van der Waals surface area contributed by atoms with Gasteiger partial charge in [-0.3, -0.25) is 6.58 Å². The summed E-state index contributed by atoms with van der Waals surface area (Å²) in [4.78, 5) is 0. The van der Waals surface area contributed by atoms with E-state index < -0.39 is 0 Å². The first kappa shape index (κ1) is 3.41. The van der Waals surface area contributed by atoms with Crippen LogP contribution in [-0.4, -0.2) is 6.21 Å². The lowest BCUT2D eigenvalue weighted by atomic mass is 10.7. The summed E-state index contributed by atoms with van der Waals surface area (Å²) in [6, 6.07) is 0. The first-order valence-electron chi connectivity index (χ1n) is 0.955. The predicted octanol–water partition coefficient (Wildman–Crippen LogP) is 0.625. The lowest BCUT2D eigenvalue weighted by Crippen LogP contribution is -1.42. The predicted molar refractivity (Wildman–Crippen MR) is 17.7 cm³/mol.